The first kappa shape index (κ1) is 12.3. The van der Waals surface area contributed by atoms with Crippen LogP contribution in [0.15, 0.2) is 24.3 Å². The van der Waals surface area contributed by atoms with Gasteiger partial charge in [-0.3, -0.25) is 4.57 Å². The van der Waals surface area contributed by atoms with Crippen molar-refractivity contribution in [2.24, 2.45) is 0 Å². The zero-order valence-corrected chi connectivity index (χ0v) is 10.1. The predicted molar refractivity (Wildman–Crippen MR) is 64.9 cm³/mol. The van der Waals surface area contributed by atoms with Crippen molar-refractivity contribution in [3.8, 4) is 0 Å². The first-order valence-corrected chi connectivity index (χ1v) is 7.36. The van der Waals surface area contributed by atoms with E-state index in [0.29, 0.717) is 6.16 Å². The van der Waals surface area contributed by atoms with E-state index in [1.807, 2.05) is 31.2 Å². The molecule has 0 radical (unpaired) electrons. The molecule has 1 unspecified atom stereocenters. The van der Waals surface area contributed by atoms with Gasteiger partial charge in [0.25, 0.3) is 0 Å². The summed E-state index contributed by atoms with van der Waals surface area (Å²) in [4.78, 5) is 9.08. The van der Waals surface area contributed by atoms with Crippen molar-refractivity contribution in [1.29, 1.82) is 0 Å². The second kappa shape index (κ2) is 5.34. The molecule has 0 heterocycles. The van der Waals surface area contributed by atoms with E-state index in [9.17, 15) is 4.57 Å². The Morgan fingerprint density at radius 2 is 1.93 bits per heavy atom. The Morgan fingerprint density at radius 3 is 2.47 bits per heavy atom. The highest BCUT2D eigenvalue weighted by Crippen LogP contribution is 2.35. The highest BCUT2D eigenvalue weighted by atomic mass is 31.2. The lowest BCUT2D eigenvalue weighted by Crippen LogP contribution is -2.03. The summed E-state index contributed by atoms with van der Waals surface area (Å²) in [7, 11) is -2.83. The number of aryl methyl sites for hydroxylation is 1. The summed E-state index contributed by atoms with van der Waals surface area (Å²) in [5.74, 6) is 0. The normalized spacial score (nSPS) is 14.6. The zero-order chi connectivity index (χ0) is 11.3. The van der Waals surface area contributed by atoms with Crippen molar-refractivity contribution in [2.45, 2.75) is 13.3 Å². The molecule has 4 heteroatoms. The number of hydrogen-bond acceptors (Lipinski definition) is 2. The van der Waals surface area contributed by atoms with Crippen molar-refractivity contribution >= 4 is 13.1 Å². The minimum absolute atomic E-state index is 0.381. The second-order valence-electron chi connectivity index (χ2n) is 3.92. The molecule has 2 N–H and O–H groups in total. The van der Waals surface area contributed by atoms with E-state index in [2.05, 4.69) is 5.32 Å². The molecule has 0 aliphatic carbocycles. The second-order valence-corrected chi connectivity index (χ2v) is 6.47. The van der Waals surface area contributed by atoms with E-state index < -0.39 is 7.37 Å². The van der Waals surface area contributed by atoms with Crippen LogP contribution in [-0.2, 0) is 4.57 Å². The van der Waals surface area contributed by atoms with Crippen molar-refractivity contribution < 1.29 is 9.46 Å². The molecule has 3 nitrogen and oxygen atoms in total. The number of hydrogen-bond donors (Lipinski definition) is 2. The van der Waals surface area contributed by atoms with Crippen LogP contribution >= 0.6 is 7.37 Å². The largest absolute Gasteiger partial charge is 0.385 e. The number of anilines is 1. The highest BCUT2D eigenvalue weighted by Gasteiger charge is 2.07. The molecule has 1 aromatic carbocycles. The number of benzene rings is 1. The minimum Gasteiger partial charge on any atom is -0.385 e. The highest BCUT2D eigenvalue weighted by molar-refractivity contribution is 7.57. The molecular formula is C11H18NO2P. The van der Waals surface area contributed by atoms with Crippen molar-refractivity contribution in [1.82, 2.24) is 0 Å². The Bertz CT molecular complexity index is 342. The van der Waals surface area contributed by atoms with Crippen LogP contribution in [0.2, 0.25) is 0 Å². The van der Waals surface area contributed by atoms with Gasteiger partial charge in [0.1, 0.15) is 0 Å². The van der Waals surface area contributed by atoms with Gasteiger partial charge in [-0.05, 0) is 25.5 Å². The Balaban J connectivity index is 2.26. The summed E-state index contributed by atoms with van der Waals surface area (Å²) >= 11 is 0. The van der Waals surface area contributed by atoms with Gasteiger partial charge in [-0.1, -0.05) is 17.7 Å². The third-order valence-corrected chi connectivity index (χ3v) is 3.28. The third kappa shape index (κ3) is 5.60. The van der Waals surface area contributed by atoms with Gasteiger partial charge in [-0.15, -0.1) is 0 Å². The SMILES string of the molecule is Cc1ccc(NCCCP(C)(=O)O)cc1. The van der Waals surface area contributed by atoms with E-state index >= 15 is 0 Å². The smallest absolute Gasteiger partial charge is 0.197 e. The third-order valence-electron chi connectivity index (χ3n) is 2.13. The summed E-state index contributed by atoms with van der Waals surface area (Å²) in [6.45, 7) is 4.18. The quantitative estimate of drug-likeness (QED) is 0.600. The molecule has 0 aromatic heterocycles. The fourth-order valence-electron chi connectivity index (χ4n) is 1.28. The van der Waals surface area contributed by atoms with Gasteiger partial charge in [0.05, 0.1) is 0 Å². The van der Waals surface area contributed by atoms with Gasteiger partial charge in [0.15, 0.2) is 7.37 Å². The van der Waals surface area contributed by atoms with E-state index in [0.717, 1.165) is 18.7 Å². The Labute approximate surface area is 91.0 Å². The van der Waals surface area contributed by atoms with Gasteiger partial charge < -0.3 is 10.2 Å². The van der Waals surface area contributed by atoms with Crippen LogP contribution in [0.5, 0.6) is 0 Å². The average Bonchev–Trinajstić information content (AvgIpc) is 2.14. The van der Waals surface area contributed by atoms with Crippen LogP contribution in [0.1, 0.15) is 12.0 Å². The molecule has 15 heavy (non-hydrogen) atoms. The van der Waals surface area contributed by atoms with Gasteiger partial charge in [-0.25, -0.2) is 0 Å². The standard InChI is InChI=1S/C11H18NO2P/c1-10-4-6-11(7-5-10)12-8-3-9-15(2,13)14/h4-7,12H,3,8-9H2,1-2H3,(H,13,14). The molecule has 0 bridgehead atoms. The molecule has 84 valence electrons. The van der Waals surface area contributed by atoms with Gasteiger partial charge in [-0.2, -0.15) is 0 Å². The Morgan fingerprint density at radius 1 is 1.33 bits per heavy atom. The summed E-state index contributed by atoms with van der Waals surface area (Å²) in [5, 5.41) is 3.21. The lowest BCUT2D eigenvalue weighted by Gasteiger charge is -2.08. The zero-order valence-electron chi connectivity index (χ0n) is 9.23. The summed E-state index contributed by atoms with van der Waals surface area (Å²) < 4.78 is 11.0. The molecule has 0 aliphatic heterocycles. The molecule has 0 saturated heterocycles. The fraction of sp³-hybridized carbons (Fsp3) is 0.455. The molecule has 0 fully saturated rings. The maximum absolute atomic E-state index is 11.0. The van der Waals surface area contributed by atoms with Crippen molar-refractivity contribution in [3.63, 3.8) is 0 Å². The molecular weight excluding hydrogens is 209 g/mol. The fourth-order valence-corrected chi connectivity index (χ4v) is 2.02. The lowest BCUT2D eigenvalue weighted by atomic mass is 10.2. The van der Waals surface area contributed by atoms with Crippen molar-refractivity contribution in [2.75, 3.05) is 24.7 Å². The van der Waals surface area contributed by atoms with E-state index in [-0.39, 0.29) is 0 Å². The topological polar surface area (TPSA) is 49.3 Å². The Kier molecular flexibility index (Phi) is 4.37. The van der Waals surface area contributed by atoms with E-state index in [1.165, 1.54) is 12.2 Å². The summed E-state index contributed by atoms with van der Waals surface area (Å²) in [6, 6.07) is 8.11. The Hall–Kier alpha value is -0.790. The molecule has 1 atom stereocenters. The van der Waals surface area contributed by atoms with Gasteiger partial charge in [0.2, 0.25) is 0 Å². The van der Waals surface area contributed by atoms with Crippen LogP contribution in [0.4, 0.5) is 5.69 Å². The van der Waals surface area contributed by atoms with Crippen LogP contribution in [0.3, 0.4) is 0 Å². The average molecular weight is 227 g/mol. The maximum atomic E-state index is 11.0. The molecule has 0 saturated carbocycles. The molecule has 0 spiro atoms. The molecule has 0 amide bonds. The van der Waals surface area contributed by atoms with Crippen LogP contribution in [-0.4, -0.2) is 24.3 Å². The van der Waals surface area contributed by atoms with E-state index in [1.54, 1.807) is 0 Å². The summed E-state index contributed by atoms with van der Waals surface area (Å²) in [6.07, 6.45) is 1.10. The molecule has 0 aliphatic rings. The van der Waals surface area contributed by atoms with Crippen LogP contribution in [0, 0.1) is 6.92 Å². The predicted octanol–water partition coefficient (Wildman–Crippen LogP) is 2.70. The lowest BCUT2D eigenvalue weighted by molar-refractivity contribution is 0.483. The monoisotopic (exact) mass is 227 g/mol. The van der Waals surface area contributed by atoms with Crippen LogP contribution < -0.4 is 5.32 Å². The first-order chi connectivity index (χ1) is 6.97. The molecule has 1 aromatic rings. The minimum atomic E-state index is -2.83. The maximum Gasteiger partial charge on any atom is 0.197 e. The number of rotatable bonds is 5. The van der Waals surface area contributed by atoms with Gasteiger partial charge in [0, 0.05) is 25.1 Å². The van der Waals surface area contributed by atoms with Crippen LogP contribution in [0.25, 0.3) is 0 Å². The van der Waals surface area contributed by atoms with Crippen molar-refractivity contribution in [3.05, 3.63) is 29.8 Å². The van der Waals surface area contributed by atoms with Gasteiger partial charge >= 0.3 is 0 Å². The molecule has 1 rings (SSSR count). The first-order valence-electron chi connectivity index (χ1n) is 5.07. The summed E-state index contributed by atoms with van der Waals surface area (Å²) in [5.41, 5.74) is 2.29. The van der Waals surface area contributed by atoms with E-state index in [4.69, 9.17) is 4.89 Å². The number of nitrogens with one attached hydrogen (secondary N) is 1.